The van der Waals surface area contributed by atoms with Crippen LogP contribution in [0.2, 0.25) is 0 Å². The Kier molecular flexibility index (Phi) is 2.93. The van der Waals surface area contributed by atoms with Crippen LogP contribution in [0.1, 0.15) is 24.0 Å². The molecule has 2 saturated heterocycles. The van der Waals surface area contributed by atoms with Gasteiger partial charge in [-0.15, -0.1) is 0 Å². The van der Waals surface area contributed by atoms with Gasteiger partial charge in [0.05, 0.1) is 6.04 Å². The van der Waals surface area contributed by atoms with Gasteiger partial charge in [-0.25, -0.2) is 0 Å². The molecule has 0 amide bonds. The van der Waals surface area contributed by atoms with E-state index in [1.54, 1.807) is 0 Å². The summed E-state index contributed by atoms with van der Waals surface area (Å²) in [5.41, 5.74) is 2.27. The summed E-state index contributed by atoms with van der Waals surface area (Å²) in [6.45, 7) is 4.11. The maximum Gasteiger partial charge on any atom is 0.155 e. The normalized spacial score (nSPS) is 29.2. The number of ketones is 1. The molecule has 3 rings (SSSR count). The fourth-order valence-electron chi connectivity index (χ4n) is 2.94. The molecule has 0 saturated carbocycles. The van der Waals surface area contributed by atoms with Crippen molar-refractivity contribution in [2.24, 2.45) is 5.92 Å². The van der Waals surface area contributed by atoms with Gasteiger partial charge in [0.15, 0.2) is 5.78 Å². The van der Waals surface area contributed by atoms with E-state index in [1.165, 1.54) is 5.56 Å². The molecule has 0 aliphatic carbocycles. The second-order valence-electron chi connectivity index (χ2n) is 5.22. The Hall–Kier alpha value is -1.59. The van der Waals surface area contributed by atoms with Crippen LogP contribution < -0.4 is 0 Å². The van der Waals surface area contributed by atoms with Crippen molar-refractivity contribution in [3.8, 4) is 11.8 Å². The highest BCUT2D eigenvalue weighted by Crippen LogP contribution is 2.31. The van der Waals surface area contributed by atoms with Gasteiger partial charge >= 0.3 is 0 Å². The highest BCUT2D eigenvalue weighted by Gasteiger charge is 2.44. The quantitative estimate of drug-likeness (QED) is 0.699. The number of fused-ring (bicyclic) bond motifs is 2. The predicted molar refractivity (Wildman–Crippen MR) is 71.1 cm³/mol. The number of hydrogen-bond donors (Lipinski definition) is 0. The molecule has 18 heavy (non-hydrogen) atoms. The standard InChI is InChI=1S/C16H17NO/c1-12-5-2-3-6-13(12)7-4-8-15-16(18)14-9-10-17(15)11-14/h2-3,5-6,14-15H,8-11H2,1H3. The summed E-state index contributed by atoms with van der Waals surface area (Å²) >= 11 is 0. The van der Waals surface area contributed by atoms with Crippen LogP contribution in [-0.2, 0) is 4.79 Å². The smallest absolute Gasteiger partial charge is 0.155 e. The Labute approximate surface area is 108 Å². The minimum atomic E-state index is 0.0697. The average Bonchev–Trinajstić information content (AvgIpc) is 2.94. The fourth-order valence-corrected chi connectivity index (χ4v) is 2.94. The Morgan fingerprint density at radius 1 is 1.39 bits per heavy atom. The van der Waals surface area contributed by atoms with E-state index >= 15 is 0 Å². The molecule has 0 spiro atoms. The molecule has 3 atom stereocenters. The summed E-state index contributed by atoms with van der Waals surface area (Å²) in [6.07, 6.45) is 1.74. The van der Waals surface area contributed by atoms with Gasteiger partial charge in [-0.05, 0) is 31.5 Å². The van der Waals surface area contributed by atoms with E-state index < -0.39 is 0 Å². The number of hydrogen-bond acceptors (Lipinski definition) is 2. The van der Waals surface area contributed by atoms with Crippen LogP contribution in [0.25, 0.3) is 0 Å². The zero-order valence-electron chi connectivity index (χ0n) is 10.6. The van der Waals surface area contributed by atoms with E-state index in [2.05, 4.69) is 29.7 Å². The minimum Gasteiger partial charge on any atom is -0.298 e. The molecule has 1 aromatic carbocycles. The summed E-state index contributed by atoms with van der Waals surface area (Å²) in [5.74, 6) is 7.10. The van der Waals surface area contributed by atoms with Gasteiger partial charge in [-0.3, -0.25) is 9.69 Å². The molecule has 0 radical (unpaired) electrons. The van der Waals surface area contributed by atoms with Crippen molar-refractivity contribution >= 4 is 5.78 Å². The maximum absolute atomic E-state index is 12.0. The lowest BCUT2D eigenvalue weighted by atomic mass is 9.97. The van der Waals surface area contributed by atoms with Crippen LogP contribution in [0.5, 0.6) is 0 Å². The van der Waals surface area contributed by atoms with Crippen molar-refractivity contribution in [2.45, 2.75) is 25.8 Å². The summed E-state index contributed by atoms with van der Waals surface area (Å²) in [4.78, 5) is 14.3. The van der Waals surface area contributed by atoms with E-state index in [-0.39, 0.29) is 6.04 Å². The molecule has 3 unspecified atom stereocenters. The minimum absolute atomic E-state index is 0.0697. The lowest BCUT2D eigenvalue weighted by Gasteiger charge is -2.21. The van der Waals surface area contributed by atoms with Gasteiger partial charge in [-0.2, -0.15) is 0 Å². The molecule has 1 aromatic rings. The average molecular weight is 239 g/mol. The second-order valence-corrected chi connectivity index (χ2v) is 5.22. The summed E-state index contributed by atoms with van der Waals surface area (Å²) in [5, 5.41) is 0. The Balaban J connectivity index is 1.69. The van der Waals surface area contributed by atoms with Crippen LogP contribution in [0, 0.1) is 24.7 Å². The van der Waals surface area contributed by atoms with Gasteiger partial charge in [0.2, 0.25) is 0 Å². The lowest BCUT2D eigenvalue weighted by Crippen LogP contribution is -2.35. The number of nitrogens with zero attached hydrogens (tertiary/aromatic N) is 1. The van der Waals surface area contributed by atoms with Crippen LogP contribution in [-0.4, -0.2) is 29.8 Å². The van der Waals surface area contributed by atoms with E-state index in [9.17, 15) is 4.79 Å². The first kappa shape index (κ1) is 11.5. The van der Waals surface area contributed by atoms with Crippen LogP contribution in [0.3, 0.4) is 0 Å². The number of aryl methyl sites for hydroxylation is 1. The third kappa shape index (κ3) is 1.95. The van der Waals surface area contributed by atoms with Crippen LogP contribution in [0.15, 0.2) is 24.3 Å². The van der Waals surface area contributed by atoms with Gasteiger partial charge in [0.1, 0.15) is 0 Å². The van der Waals surface area contributed by atoms with E-state index in [0.717, 1.165) is 25.1 Å². The summed E-state index contributed by atoms with van der Waals surface area (Å²) in [6, 6.07) is 8.19. The molecule has 0 aromatic heterocycles. The highest BCUT2D eigenvalue weighted by molar-refractivity contribution is 5.89. The molecule has 0 N–H and O–H groups in total. The van der Waals surface area contributed by atoms with Gasteiger partial charge in [0, 0.05) is 24.4 Å². The molecule has 2 fully saturated rings. The molecular formula is C16H17NO. The Bertz CT molecular complexity index is 538. The fraction of sp³-hybridized carbons (Fsp3) is 0.438. The number of benzene rings is 1. The maximum atomic E-state index is 12.0. The third-order valence-electron chi connectivity index (χ3n) is 4.05. The van der Waals surface area contributed by atoms with Crippen molar-refractivity contribution in [1.82, 2.24) is 4.90 Å². The Morgan fingerprint density at radius 3 is 2.94 bits per heavy atom. The lowest BCUT2D eigenvalue weighted by molar-refractivity contribution is -0.124. The molecule has 92 valence electrons. The summed E-state index contributed by atoms with van der Waals surface area (Å²) < 4.78 is 0. The monoisotopic (exact) mass is 239 g/mol. The van der Waals surface area contributed by atoms with Crippen molar-refractivity contribution < 1.29 is 4.79 Å². The molecule has 2 nitrogen and oxygen atoms in total. The van der Waals surface area contributed by atoms with E-state index in [4.69, 9.17) is 0 Å². The first-order valence-corrected chi connectivity index (χ1v) is 6.58. The summed E-state index contributed by atoms with van der Waals surface area (Å²) in [7, 11) is 0. The van der Waals surface area contributed by atoms with Gasteiger partial charge < -0.3 is 0 Å². The predicted octanol–water partition coefficient (Wildman–Crippen LogP) is 2.01. The number of carbonyl (C=O) groups is 1. The molecule has 2 heteroatoms. The van der Waals surface area contributed by atoms with Crippen LogP contribution in [0.4, 0.5) is 0 Å². The van der Waals surface area contributed by atoms with Crippen molar-refractivity contribution in [3.05, 3.63) is 35.4 Å². The van der Waals surface area contributed by atoms with Crippen molar-refractivity contribution in [1.29, 1.82) is 0 Å². The largest absolute Gasteiger partial charge is 0.298 e. The number of rotatable bonds is 1. The molecule has 2 bridgehead atoms. The molecule has 2 aliphatic rings. The van der Waals surface area contributed by atoms with Gasteiger partial charge in [-0.1, -0.05) is 30.0 Å². The molecule has 2 aliphatic heterocycles. The second kappa shape index (κ2) is 4.59. The third-order valence-corrected chi connectivity index (χ3v) is 4.05. The zero-order valence-corrected chi connectivity index (χ0v) is 10.6. The SMILES string of the molecule is Cc1ccccc1C#CCC1C(=O)C2CCN1C2. The van der Waals surface area contributed by atoms with E-state index in [0.29, 0.717) is 18.1 Å². The zero-order chi connectivity index (χ0) is 12.5. The van der Waals surface area contributed by atoms with Crippen molar-refractivity contribution in [2.75, 3.05) is 13.1 Å². The molecule has 2 heterocycles. The first-order valence-electron chi connectivity index (χ1n) is 6.58. The first-order chi connectivity index (χ1) is 8.75. The highest BCUT2D eigenvalue weighted by atomic mass is 16.1. The van der Waals surface area contributed by atoms with Crippen molar-refractivity contribution in [3.63, 3.8) is 0 Å². The molecular weight excluding hydrogens is 222 g/mol. The van der Waals surface area contributed by atoms with E-state index in [1.807, 2.05) is 18.2 Å². The topological polar surface area (TPSA) is 20.3 Å². The van der Waals surface area contributed by atoms with Crippen LogP contribution >= 0.6 is 0 Å². The number of Topliss-reactive ketones (excluding diaryl/α,β-unsaturated/α-hetero) is 1. The number of piperidine rings is 1. The van der Waals surface area contributed by atoms with Gasteiger partial charge in [0.25, 0.3) is 0 Å². The Morgan fingerprint density at radius 2 is 2.22 bits per heavy atom. The number of carbonyl (C=O) groups excluding carboxylic acids is 1.